The normalized spacial score (nSPS) is 14.0. The first-order chi connectivity index (χ1) is 3.72. The fraction of sp³-hybridized carbons (Fsp3) is 0.667. The third-order valence-electron chi connectivity index (χ3n) is 0.952. The SMILES string of the molecule is C=CC(OC)N(C)C. The molecule has 0 aromatic heterocycles. The quantitative estimate of drug-likeness (QED) is 0.396. The van der Waals surface area contributed by atoms with E-state index in [4.69, 9.17) is 4.74 Å². The van der Waals surface area contributed by atoms with Crippen molar-refractivity contribution in [2.45, 2.75) is 6.23 Å². The van der Waals surface area contributed by atoms with Crippen LogP contribution in [0.15, 0.2) is 12.7 Å². The molecule has 0 aliphatic rings. The Bertz CT molecular complexity index is 70.9. The Balaban J connectivity index is 3.51. The van der Waals surface area contributed by atoms with E-state index in [1.807, 2.05) is 19.0 Å². The first kappa shape index (κ1) is 7.66. The highest BCUT2D eigenvalue weighted by atomic mass is 16.5. The van der Waals surface area contributed by atoms with Gasteiger partial charge < -0.3 is 4.74 Å². The lowest BCUT2D eigenvalue weighted by Gasteiger charge is -2.17. The van der Waals surface area contributed by atoms with Crippen LogP contribution in [-0.2, 0) is 4.74 Å². The van der Waals surface area contributed by atoms with Gasteiger partial charge in [-0.3, -0.25) is 4.90 Å². The third kappa shape index (κ3) is 2.09. The van der Waals surface area contributed by atoms with Gasteiger partial charge in [0, 0.05) is 7.11 Å². The minimum Gasteiger partial charge on any atom is -0.363 e. The maximum atomic E-state index is 4.97. The van der Waals surface area contributed by atoms with Crippen LogP contribution in [0, 0.1) is 0 Å². The Morgan fingerprint density at radius 2 is 2.12 bits per heavy atom. The summed E-state index contributed by atoms with van der Waals surface area (Å²) in [5, 5.41) is 0. The van der Waals surface area contributed by atoms with Crippen molar-refractivity contribution in [1.82, 2.24) is 4.90 Å². The number of rotatable bonds is 3. The molecule has 0 heterocycles. The first-order valence-corrected chi connectivity index (χ1v) is 2.54. The lowest BCUT2D eigenvalue weighted by Crippen LogP contribution is -2.26. The topological polar surface area (TPSA) is 12.5 Å². The molecular formula is C6H13NO. The van der Waals surface area contributed by atoms with E-state index in [0.29, 0.717) is 0 Å². The van der Waals surface area contributed by atoms with Gasteiger partial charge in [-0.05, 0) is 20.2 Å². The Morgan fingerprint density at radius 3 is 2.12 bits per heavy atom. The van der Waals surface area contributed by atoms with Crippen molar-refractivity contribution < 1.29 is 4.74 Å². The van der Waals surface area contributed by atoms with Crippen molar-refractivity contribution >= 4 is 0 Å². The molecule has 8 heavy (non-hydrogen) atoms. The summed E-state index contributed by atoms with van der Waals surface area (Å²) in [4.78, 5) is 1.94. The van der Waals surface area contributed by atoms with Crippen molar-refractivity contribution in [2.75, 3.05) is 21.2 Å². The van der Waals surface area contributed by atoms with Gasteiger partial charge in [0.1, 0.15) is 6.23 Å². The van der Waals surface area contributed by atoms with Gasteiger partial charge in [0.05, 0.1) is 0 Å². The molecule has 1 unspecified atom stereocenters. The molecule has 0 saturated carbocycles. The molecule has 0 aliphatic carbocycles. The van der Waals surface area contributed by atoms with E-state index < -0.39 is 0 Å². The molecule has 0 aromatic rings. The van der Waals surface area contributed by atoms with Crippen LogP contribution in [0.4, 0.5) is 0 Å². The summed E-state index contributed by atoms with van der Waals surface area (Å²) in [6.07, 6.45) is 1.80. The maximum absolute atomic E-state index is 4.97. The fourth-order valence-corrected chi connectivity index (χ4v) is 0.518. The van der Waals surface area contributed by atoms with E-state index in [2.05, 4.69) is 6.58 Å². The molecule has 1 atom stereocenters. The molecule has 0 spiro atoms. The molecule has 0 fully saturated rings. The van der Waals surface area contributed by atoms with Crippen molar-refractivity contribution in [3.05, 3.63) is 12.7 Å². The lowest BCUT2D eigenvalue weighted by molar-refractivity contribution is 0.0345. The van der Waals surface area contributed by atoms with Crippen LogP contribution in [-0.4, -0.2) is 32.3 Å². The van der Waals surface area contributed by atoms with E-state index in [9.17, 15) is 0 Å². The summed E-state index contributed by atoms with van der Waals surface area (Å²) in [6, 6.07) is 0. The fourth-order valence-electron chi connectivity index (χ4n) is 0.518. The number of hydrogen-bond acceptors (Lipinski definition) is 2. The van der Waals surface area contributed by atoms with Gasteiger partial charge in [0.2, 0.25) is 0 Å². The predicted octanol–water partition coefficient (Wildman–Crippen LogP) is 0.707. The highest BCUT2D eigenvalue weighted by molar-refractivity contribution is 4.76. The smallest absolute Gasteiger partial charge is 0.128 e. The third-order valence-corrected chi connectivity index (χ3v) is 0.952. The van der Waals surface area contributed by atoms with E-state index in [0.717, 1.165) is 0 Å². The standard InChI is InChI=1S/C6H13NO/c1-5-6(8-4)7(2)3/h5-6H,1H2,2-4H3. The van der Waals surface area contributed by atoms with Crippen LogP contribution in [0.25, 0.3) is 0 Å². The zero-order valence-electron chi connectivity index (χ0n) is 5.72. The highest BCUT2D eigenvalue weighted by Gasteiger charge is 2.00. The van der Waals surface area contributed by atoms with Crippen LogP contribution >= 0.6 is 0 Å². The van der Waals surface area contributed by atoms with Crippen LogP contribution < -0.4 is 0 Å². The van der Waals surface area contributed by atoms with Crippen molar-refractivity contribution in [3.63, 3.8) is 0 Å². The maximum Gasteiger partial charge on any atom is 0.128 e. The molecule has 48 valence electrons. The van der Waals surface area contributed by atoms with E-state index >= 15 is 0 Å². The summed E-state index contributed by atoms with van der Waals surface area (Å²) < 4.78 is 4.97. The molecule has 0 aromatic carbocycles. The average Bonchev–Trinajstić information content (AvgIpc) is 1.69. The lowest BCUT2D eigenvalue weighted by atomic mass is 10.5. The molecule has 0 amide bonds. The largest absolute Gasteiger partial charge is 0.363 e. The Hall–Kier alpha value is -0.340. The number of ether oxygens (including phenoxy) is 1. The Labute approximate surface area is 50.7 Å². The molecule has 2 heteroatoms. The zero-order chi connectivity index (χ0) is 6.57. The number of hydrogen-bond donors (Lipinski definition) is 0. The monoisotopic (exact) mass is 115 g/mol. The van der Waals surface area contributed by atoms with E-state index in [1.165, 1.54) is 0 Å². The van der Waals surface area contributed by atoms with Gasteiger partial charge >= 0.3 is 0 Å². The summed E-state index contributed by atoms with van der Waals surface area (Å²) in [7, 11) is 5.54. The Kier molecular flexibility index (Phi) is 3.48. The van der Waals surface area contributed by atoms with Crippen molar-refractivity contribution in [2.24, 2.45) is 0 Å². The predicted molar refractivity (Wildman–Crippen MR) is 34.7 cm³/mol. The van der Waals surface area contributed by atoms with Gasteiger partial charge in [0.25, 0.3) is 0 Å². The second-order valence-electron chi connectivity index (χ2n) is 1.83. The van der Waals surface area contributed by atoms with Crippen molar-refractivity contribution in [3.8, 4) is 0 Å². The molecule has 2 nitrogen and oxygen atoms in total. The molecule has 0 radical (unpaired) electrons. The van der Waals surface area contributed by atoms with Gasteiger partial charge in [0.15, 0.2) is 0 Å². The molecular weight excluding hydrogens is 102 g/mol. The minimum atomic E-state index is 0.0509. The van der Waals surface area contributed by atoms with E-state index in [1.54, 1.807) is 13.2 Å². The van der Waals surface area contributed by atoms with Crippen LogP contribution in [0.1, 0.15) is 0 Å². The molecule has 0 bridgehead atoms. The average molecular weight is 115 g/mol. The second-order valence-corrected chi connectivity index (χ2v) is 1.83. The number of methoxy groups -OCH3 is 1. The minimum absolute atomic E-state index is 0.0509. The molecule has 0 N–H and O–H groups in total. The summed E-state index contributed by atoms with van der Waals surface area (Å²) >= 11 is 0. The molecule has 0 aliphatic heterocycles. The van der Waals surface area contributed by atoms with Gasteiger partial charge in [-0.1, -0.05) is 6.58 Å². The van der Waals surface area contributed by atoms with Gasteiger partial charge in [-0.25, -0.2) is 0 Å². The summed E-state index contributed by atoms with van der Waals surface area (Å²) in [5.41, 5.74) is 0. The van der Waals surface area contributed by atoms with E-state index in [-0.39, 0.29) is 6.23 Å². The summed E-state index contributed by atoms with van der Waals surface area (Å²) in [6.45, 7) is 3.59. The van der Waals surface area contributed by atoms with Crippen molar-refractivity contribution in [1.29, 1.82) is 0 Å². The Morgan fingerprint density at radius 1 is 1.62 bits per heavy atom. The second kappa shape index (κ2) is 3.64. The number of likely N-dealkylation sites (N-methyl/N-ethyl adjacent to an activating group) is 1. The zero-order valence-corrected chi connectivity index (χ0v) is 5.72. The highest BCUT2D eigenvalue weighted by Crippen LogP contribution is 1.92. The van der Waals surface area contributed by atoms with Gasteiger partial charge in [-0.2, -0.15) is 0 Å². The van der Waals surface area contributed by atoms with Crippen LogP contribution in [0.2, 0.25) is 0 Å². The number of nitrogens with zero attached hydrogens (tertiary/aromatic N) is 1. The van der Waals surface area contributed by atoms with Crippen LogP contribution in [0.3, 0.4) is 0 Å². The van der Waals surface area contributed by atoms with Crippen LogP contribution in [0.5, 0.6) is 0 Å². The molecule has 0 saturated heterocycles. The van der Waals surface area contributed by atoms with Gasteiger partial charge in [-0.15, -0.1) is 0 Å². The molecule has 0 rings (SSSR count). The first-order valence-electron chi connectivity index (χ1n) is 2.54. The summed E-state index contributed by atoms with van der Waals surface area (Å²) in [5.74, 6) is 0.